The summed E-state index contributed by atoms with van der Waals surface area (Å²) in [7, 11) is 0. The molecule has 2 aromatic rings. The minimum atomic E-state index is -0.710. The maximum Gasteiger partial charge on any atom is 0.145 e. The summed E-state index contributed by atoms with van der Waals surface area (Å²) in [6.07, 6.45) is 3.26. The number of halogens is 2. The van der Waals surface area contributed by atoms with E-state index in [-0.39, 0.29) is 11.4 Å². The maximum atomic E-state index is 13.9. The van der Waals surface area contributed by atoms with Crippen LogP contribution in [0.2, 0.25) is 5.02 Å². The lowest BCUT2D eigenvalue weighted by Gasteiger charge is -2.26. The Balaban J connectivity index is 1.78. The van der Waals surface area contributed by atoms with Crippen molar-refractivity contribution in [3.05, 3.63) is 70.0 Å². The molecule has 1 fully saturated rings. The van der Waals surface area contributed by atoms with Gasteiger partial charge in [0.25, 0.3) is 0 Å². The van der Waals surface area contributed by atoms with Crippen LogP contribution < -0.4 is 0 Å². The van der Waals surface area contributed by atoms with E-state index in [0.717, 1.165) is 5.56 Å². The van der Waals surface area contributed by atoms with E-state index in [1.165, 1.54) is 30.9 Å². The van der Waals surface area contributed by atoms with E-state index >= 15 is 0 Å². The van der Waals surface area contributed by atoms with Gasteiger partial charge in [0.15, 0.2) is 0 Å². The smallest absolute Gasteiger partial charge is 0.145 e. The molecule has 3 rings (SSSR count). The normalized spacial score (nSPS) is 16.5. The van der Waals surface area contributed by atoms with E-state index in [1.807, 2.05) is 12.1 Å². The van der Waals surface area contributed by atoms with E-state index < -0.39 is 11.9 Å². The zero-order valence-corrected chi connectivity index (χ0v) is 12.5. The third-order valence-corrected chi connectivity index (χ3v) is 4.61. The fraction of sp³-hybridized carbons (Fsp3) is 0.333. The molecule has 1 atom stereocenters. The van der Waals surface area contributed by atoms with Gasteiger partial charge in [0.1, 0.15) is 5.82 Å². The Morgan fingerprint density at radius 2 is 1.95 bits per heavy atom. The molecule has 1 saturated carbocycles. The van der Waals surface area contributed by atoms with Crippen LogP contribution in [0.15, 0.2) is 42.5 Å². The Morgan fingerprint density at radius 1 is 1.19 bits per heavy atom. The molecule has 0 bridgehead atoms. The largest absolute Gasteiger partial charge is 0.388 e. The van der Waals surface area contributed by atoms with Crippen molar-refractivity contribution in [2.45, 2.75) is 37.7 Å². The molecule has 0 spiro atoms. The number of rotatable bonds is 4. The number of hydrogen-bond donors (Lipinski definition) is 1. The van der Waals surface area contributed by atoms with Crippen molar-refractivity contribution in [2.75, 3.05) is 0 Å². The van der Waals surface area contributed by atoms with Gasteiger partial charge in [-0.2, -0.15) is 0 Å². The van der Waals surface area contributed by atoms with Gasteiger partial charge in [0, 0.05) is 6.42 Å². The van der Waals surface area contributed by atoms with Crippen molar-refractivity contribution in [3.63, 3.8) is 0 Å². The monoisotopic (exact) mass is 304 g/mol. The highest BCUT2D eigenvalue weighted by molar-refractivity contribution is 6.30. The van der Waals surface area contributed by atoms with Gasteiger partial charge in [0.2, 0.25) is 0 Å². The highest BCUT2D eigenvalue weighted by Crippen LogP contribution is 2.37. The molecular formula is C18H18ClFO. The van der Waals surface area contributed by atoms with Crippen LogP contribution in [0.1, 0.15) is 48.0 Å². The lowest BCUT2D eigenvalue weighted by molar-refractivity contribution is 0.177. The zero-order chi connectivity index (χ0) is 14.8. The fourth-order valence-electron chi connectivity index (χ4n) is 2.79. The van der Waals surface area contributed by atoms with Crippen LogP contribution in [-0.4, -0.2) is 5.11 Å². The molecule has 1 nitrogen and oxygen atoms in total. The molecule has 1 aliphatic rings. The minimum Gasteiger partial charge on any atom is -0.388 e. The van der Waals surface area contributed by atoms with Gasteiger partial charge >= 0.3 is 0 Å². The predicted molar refractivity (Wildman–Crippen MR) is 83.1 cm³/mol. The number of hydrogen-bond acceptors (Lipinski definition) is 1. The molecule has 1 N–H and O–H groups in total. The molecule has 2 aromatic carbocycles. The molecular weight excluding hydrogens is 287 g/mol. The number of benzene rings is 2. The SMILES string of the molecule is OC(Cc1cccc(Cl)c1F)c1cccc(C2CCC2)c1. The first kappa shape index (κ1) is 14.6. The summed E-state index contributed by atoms with van der Waals surface area (Å²) in [5.41, 5.74) is 2.58. The van der Waals surface area contributed by atoms with Crippen molar-refractivity contribution < 1.29 is 9.50 Å². The van der Waals surface area contributed by atoms with Crippen LogP contribution in [0.5, 0.6) is 0 Å². The summed E-state index contributed by atoms with van der Waals surface area (Å²) in [4.78, 5) is 0. The first-order valence-electron chi connectivity index (χ1n) is 7.36. The molecule has 110 valence electrons. The van der Waals surface area contributed by atoms with Gasteiger partial charge < -0.3 is 5.11 Å². The van der Waals surface area contributed by atoms with Crippen molar-refractivity contribution in [3.8, 4) is 0 Å². The minimum absolute atomic E-state index is 0.0999. The average Bonchev–Trinajstić information content (AvgIpc) is 2.42. The van der Waals surface area contributed by atoms with E-state index in [1.54, 1.807) is 12.1 Å². The summed E-state index contributed by atoms with van der Waals surface area (Å²) >= 11 is 5.78. The highest BCUT2D eigenvalue weighted by Gasteiger charge is 2.20. The second-order valence-corrected chi connectivity index (χ2v) is 6.14. The molecule has 0 heterocycles. The molecule has 0 aromatic heterocycles. The molecule has 0 saturated heterocycles. The standard InChI is InChI=1S/C18H18ClFO/c19-16-9-3-8-15(18(16)20)11-17(21)14-7-2-6-13(10-14)12-4-1-5-12/h2-3,6-10,12,17,21H,1,4-5,11H2. The Bertz CT molecular complexity index is 637. The van der Waals surface area contributed by atoms with Crippen LogP contribution in [0.4, 0.5) is 4.39 Å². The summed E-state index contributed by atoms with van der Waals surface area (Å²) in [6.45, 7) is 0. The quantitative estimate of drug-likeness (QED) is 0.840. The first-order valence-corrected chi connectivity index (χ1v) is 7.74. The van der Waals surface area contributed by atoms with Crippen LogP contribution in [-0.2, 0) is 6.42 Å². The van der Waals surface area contributed by atoms with E-state index in [4.69, 9.17) is 11.6 Å². The average molecular weight is 305 g/mol. The molecule has 0 amide bonds. The van der Waals surface area contributed by atoms with Crippen LogP contribution in [0.25, 0.3) is 0 Å². The van der Waals surface area contributed by atoms with E-state index in [2.05, 4.69) is 12.1 Å². The topological polar surface area (TPSA) is 20.2 Å². The van der Waals surface area contributed by atoms with Crippen molar-refractivity contribution in [1.82, 2.24) is 0 Å². The van der Waals surface area contributed by atoms with Gasteiger partial charge in [-0.15, -0.1) is 0 Å². The Labute approximate surface area is 129 Å². The lowest BCUT2D eigenvalue weighted by atomic mass is 9.79. The third-order valence-electron chi connectivity index (χ3n) is 4.32. The van der Waals surface area contributed by atoms with Crippen molar-refractivity contribution in [2.24, 2.45) is 0 Å². The van der Waals surface area contributed by atoms with Gasteiger partial charge in [-0.25, -0.2) is 4.39 Å². The molecule has 0 aliphatic heterocycles. The molecule has 1 unspecified atom stereocenters. The number of aliphatic hydroxyl groups is 1. The van der Waals surface area contributed by atoms with Crippen LogP contribution >= 0.6 is 11.6 Å². The molecule has 0 radical (unpaired) electrons. The molecule has 3 heteroatoms. The second-order valence-electron chi connectivity index (χ2n) is 5.73. The van der Waals surface area contributed by atoms with E-state index in [9.17, 15) is 9.50 Å². The van der Waals surface area contributed by atoms with Gasteiger partial charge in [-0.1, -0.05) is 54.4 Å². The third kappa shape index (κ3) is 3.12. The number of aliphatic hydroxyl groups excluding tert-OH is 1. The molecule has 1 aliphatic carbocycles. The highest BCUT2D eigenvalue weighted by atomic mass is 35.5. The van der Waals surface area contributed by atoms with Crippen LogP contribution in [0.3, 0.4) is 0 Å². The van der Waals surface area contributed by atoms with E-state index in [0.29, 0.717) is 11.5 Å². The maximum absolute atomic E-state index is 13.9. The van der Waals surface area contributed by atoms with Gasteiger partial charge in [-0.05, 0) is 41.5 Å². The van der Waals surface area contributed by atoms with Gasteiger partial charge in [0.05, 0.1) is 11.1 Å². The Kier molecular flexibility index (Phi) is 4.27. The summed E-state index contributed by atoms with van der Waals surface area (Å²) in [5, 5.41) is 10.5. The summed E-state index contributed by atoms with van der Waals surface area (Å²) < 4.78 is 13.9. The van der Waals surface area contributed by atoms with Crippen molar-refractivity contribution in [1.29, 1.82) is 0 Å². The van der Waals surface area contributed by atoms with Crippen LogP contribution in [0, 0.1) is 5.82 Å². The first-order chi connectivity index (χ1) is 10.1. The Morgan fingerprint density at radius 3 is 2.67 bits per heavy atom. The summed E-state index contributed by atoms with van der Waals surface area (Å²) in [6, 6.07) is 12.9. The van der Waals surface area contributed by atoms with Gasteiger partial charge in [-0.3, -0.25) is 0 Å². The Hall–Kier alpha value is -1.38. The predicted octanol–water partition coefficient (Wildman–Crippen LogP) is 5.02. The molecule has 21 heavy (non-hydrogen) atoms. The summed E-state index contributed by atoms with van der Waals surface area (Å²) in [5.74, 6) is 0.188. The lowest BCUT2D eigenvalue weighted by Crippen LogP contribution is -2.10. The zero-order valence-electron chi connectivity index (χ0n) is 11.7. The second kappa shape index (κ2) is 6.17. The van der Waals surface area contributed by atoms with Crippen molar-refractivity contribution >= 4 is 11.6 Å². The fourth-order valence-corrected chi connectivity index (χ4v) is 2.99.